The average Bonchev–Trinajstić information content (AvgIpc) is 2.40. The molecule has 1 N–H and O–H groups in total. The number of thioether (sulfide) groups is 1. The molecular weight excluding hydrogens is 242 g/mol. The number of rotatable bonds is 5. The molecule has 1 unspecified atom stereocenters. The van der Waals surface area contributed by atoms with Crippen LogP contribution in [0.2, 0.25) is 0 Å². The monoisotopic (exact) mass is 259 g/mol. The molecule has 1 heterocycles. The summed E-state index contributed by atoms with van der Waals surface area (Å²) in [6.07, 6.45) is 2.42. The number of aryl methyl sites for hydroxylation is 1. The van der Waals surface area contributed by atoms with Crippen LogP contribution < -0.4 is 0 Å². The molecule has 0 bridgehead atoms. The van der Waals surface area contributed by atoms with E-state index in [1.807, 2.05) is 42.2 Å². The smallest absolute Gasteiger partial charge is 0.0761 e. The van der Waals surface area contributed by atoms with Crippen LogP contribution in [0.3, 0.4) is 0 Å². The number of nitrogens with zero attached hydrogens (tertiary/aromatic N) is 1. The van der Waals surface area contributed by atoms with Gasteiger partial charge >= 0.3 is 0 Å². The van der Waals surface area contributed by atoms with E-state index in [-0.39, 0.29) is 0 Å². The minimum atomic E-state index is -0.391. The van der Waals surface area contributed by atoms with Crippen molar-refractivity contribution in [3.8, 4) is 0 Å². The molecule has 18 heavy (non-hydrogen) atoms. The number of hydrogen-bond donors (Lipinski definition) is 1. The van der Waals surface area contributed by atoms with Crippen molar-refractivity contribution >= 4 is 11.8 Å². The van der Waals surface area contributed by atoms with Gasteiger partial charge in [-0.1, -0.05) is 18.2 Å². The Morgan fingerprint density at radius 2 is 1.94 bits per heavy atom. The molecular formula is C15H17NOS. The Kier molecular flexibility index (Phi) is 4.79. The molecule has 0 fully saturated rings. The summed E-state index contributed by atoms with van der Waals surface area (Å²) in [7, 11) is 0. The summed E-state index contributed by atoms with van der Waals surface area (Å²) in [5, 5.41) is 9.42. The van der Waals surface area contributed by atoms with Gasteiger partial charge in [0.15, 0.2) is 0 Å². The molecule has 1 aromatic heterocycles. The summed E-state index contributed by atoms with van der Waals surface area (Å²) in [5.41, 5.74) is 2.09. The summed E-state index contributed by atoms with van der Waals surface area (Å²) in [6.45, 7) is 1.78. The molecule has 0 saturated carbocycles. The quantitative estimate of drug-likeness (QED) is 0.835. The summed E-state index contributed by atoms with van der Waals surface area (Å²) in [5.74, 6) is 1.02. The Morgan fingerprint density at radius 3 is 2.56 bits per heavy atom. The first-order valence-electron chi connectivity index (χ1n) is 6.06. The molecule has 2 rings (SSSR count). The van der Waals surface area contributed by atoms with Crippen molar-refractivity contribution in [2.75, 3.05) is 5.75 Å². The number of benzene rings is 1. The largest absolute Gasteiger partial charge is 0.389 e. The fraction of sp³-hybridized carbons (Fsp3) is 0.267. The molecule has 0 aliphatic rings. The zero-order valence-corrected chi connectivity index (χ0v) is 11.2. The molecule has 2 aromatic rings. The maximum Gasteiger partial charge on any atom is 0.0761 e. The van der Waals surface area contributed by atoms with Crippen molar-refractivity contribution in [3.05, 3.63) is 59.9 Å². The molecule has 0 aliphatic heterocycles. The first kappa shape index (κ1) is 13.1. The third kappa shape index (κ3) is 3.86. The van der Waals surface area contributed by atoms with Crippen LogP contribution in [0.1, 0.15) is 24.3 Å². The van der Waals surface area contributed by atoms with Crippen LogP contribution in [-0.4, -0.2) is 15.8 Å². The van der Waals surface area contributed by atoms with Crippen LogP contribution >= 0.6 is 11.8 Å². The van der Waals surface area contributed by atoms with Crippen molar-refractivity contribution in [1.82, 2.24) is 4.98 Å². The lowest BCUT2D eigenvalue weighted by Gasteiger charge is -2.06. The van der Waals surface area contributed by atoms with Crippen molar-refractivity contribution in [2.45, 2.75) is 24.3 Å². The highest BCUT2D eigenvalue weighted by molar-refractivity contribution is 7.99. The lowest BCUT2D eigenvalue weighted by molar-refractivity contribution is 0.199. The third-order valence-electron chi connectivity index (χ3n) is 2.72. The maximum absolute atomic E-state index is 9.42. The normalized spacial score (nSPS) is 12.3. The minimum Gasteiger partial charge on any atom is -0.389 e. The van der Waals surface area contributed by atoms with Gasteiger partial charge in [0.05, 0.1) is 6.10 Å². The first-order valence-corrected chi connectivity index (χ1v) is 7.05. The van der Waals surface area contributed by atoms with E-state index >= 15 is 0 Å². The zero-order valence-electron chi connectivity index (χ0n) is 10.4. The summed E-state index contributed by atoms with van der Waals surface area (Å²) in [6, 6.07) is 14.1. The molecule has 3 heteroatoms. The maximum atomic E-state index is 9.42. The number of aliphatic hydroxyl groups is 1. The van der Waals surface area contributed by atoms with Gasteiger partial charge in [0.2, 0.25) is 0 Å². The zero-order chi connectivity index (χ0) is 12.8. The highest BCUT2D eigenvalue weighted by Gasteiger charge is 2.01. The van der Waals surface area contributed by atoms with Crippen LogP contribution in [0.15, 0.2) is 53.6 Å². The Labute approximate surface area is 112 Å². The third-order valence-corrected chi connectivity index (χ3v) is 3.73. The van der Waals surface area contributed by atoms with Crippen LogP contribution in [-0.2, 0) is 6.42 Å². The van der Waals surface area contributed by atoms with Gasteiger partial charge in [-0.15, -0.1) is 11.8 Å². The fourth-order valence-corrected chi connectivity index (χ4v) is 2.54. The Morgan fingerprint density at radius 1 is 1.17 bits per heavy atom. The predicted molar refractivity (Wildman–Crippen MR) is 75.7 cm³/mol. The fourth-order valence-electron chi connectivity index (χ4n) is 1.66. The molecule has 1 aromatic carbocycles. The van der Waals surface area contributed by atoms with Crippen molar-refractivity contribution in [3.63, 3.8) is 0 Å². The van der Waals surface area contributed by atoms with E-state index in [0.717, 1.165) is 23.4 Å². The van der Waals surface area contributed by atoms with Gasteiger partial charge in [-0.2, -0.15) is 0 Å². The van der Waals surface area contributed by atoms with Crippen molar-refractivity contribution in [1.29, 1.82) is 0 Å². The van der Waals surface area contributed by atoms with E-state index in [1.54, 1.807) is 6.92 Å². The van der Waals surface area contributed by atoms with Gasteiger partial charge < -0.3 is 5.11 Å². The number of hydrogen-bond acceptors (Lipinski definition) is 3. The number of aliphatic hydroxyl groups excluding tert-OH is 1. The highest BCUT2D eigenvalue weighted by atomic mass is 32.2. The van der Waals surface area contributed by atoms with Crippen molar-refractivity contribution < 1.29 is 5.11 Å². The molecule has 94 valence electrons. The lowest BCUT2D eigenvalue weighted by atomic mass is 10.1. The summed E-state index contributed by atoms with van der Waals surface area (Å²) >= 11 is 1.81. The molecule has 0 radical (unpaired) electrons. The van der Waals surface area contributed by atoms with E-state index in [0.29, 0.717) is 0 Å². The standard InChI is InChI=1S/C15H17NOS/c1-12(17)13-5-7-15(8-6-13)18-11-9-14-4-2-3-10-16-14/h2-8,10,12,17H,9,11H2,1H3. The first-order chi connectivity index (χ1) is 8.75. The average molecular weight is 259 g/mol. The molecule has 0 saturated heterocycles. The highest BCUT2D eigenvalue weighted by Crippen LogP contribution is 2.21. The van der Waals surface area contributed by atoms with Gasteiger partial charge in [-0.3, -0.25) is 4.98 Å². The van der Waals surface area contributed by atoms with Crippen LogP contribution in [0.25, 0.3) is 0 Å². The predicted octanol–water partition coefficient (Wildman–Crippen LogP) is 3.47. The Hall–Kier alpha value is -1.32. The van der Waals surface area contributed by atoms with Gasteiger partial charge in [0.25, 0.3) is 0 Å². The van der Waals surface area contributed by atoms with Crippen molar-refractivity contribution in [2.24, 2.45) is 0 Å². The molecule has 1 atom stereocenters. The second kappa shape index (κ2) is 6.57. The Balaban J connectivity index is 1.83. The number of pyridine rings is 1. The second-order valence-corrected chi connectivity index (χ2v) is 5.33. The molecule has 0 spiro atoms. The van der Waals surface area contributed by atoms with Gasteiger partial charge in [0, 0.05) is 22.5 Å². The SMILES string of the molecule is CC(O)c1ccc(SCCc2ccccn2)cc1. The van der Waals surface area contributed by atoms with Gasteiger partial charge in [-0.25, -0.2) is 0 Å². The van der Waals surface area contributed by atoms with E-state index in [1.165, 1.54) is 4.90 Å². The van der Waals surface area contributed by atoms with E-state index in [4.69, 9.17) is 0 Å². The minimum absolute atomic E-state index is 0.391. The molecule has 0 amide bonds. The van der Waals surface area contributed by atoms with E-state index in [2.05, 4.69) is 23.2 Å². The van der Waals surface area contributed by atoms with Gasteiger partial charge in [-0.05, 0) is 43.2 Å². The molecule has 0 aliphatic carbocycles. The Bertz CT molecular complexity index is 468. The lowest BCUT2D eigenvalue weighted by Crippen LogP contribution is -1.92. The topological polar surface area (TPSA) is 33.1 Å². The van der Waals surface area contributed by atoms with E-state index < -0.39 is 6.10 Å². The molecule has 2 nitrogen and oxygen atoms in total. The summed E-state index contributed by atoms with van der Waals surface area (Å²) < 4.78 is 0. The number of aromatic nitrogens is 1. The van der Waals surface area contributed by atoms with Crippen LogP contribution in [0.4, 0.5) is 0 Å². The summed E-state index contributed by atoms with van der Waals surface area (Å²) in [4.78, 5) is 5.53. The van der Waals surface area contributed by atoms with Crippen LogP contribution in [0, 0.1) is 0 Å². The van der Waals surface area contributed by atoms with Crippen LogP contribution in [0.5, 0.6) is 0 Å². The van der Waals surface area contributed by atoms with E-state index in [9.17, 15) is 5.11 Å². The second-order valence-electron chi connectivity index (χ2n) is 4.16. The van der Waals surface area contributed by atoms with Gasteiger partial charge in [0.1, 0.15) is 0 Å².